The minimum Gasteiger partial charge on any atom is -0.423 e. The zero-order valence-corrected chi connectivity index (χ0v) is 12.4. The quantitative estimate of drug-likeness (QED) is 0.691. The maximum atomic E-state index is 12.6. The number of aromatic nitrogens is 3. The first kappa shape index (κ1) is 14.1. The van der Waals surface area contributed by atoms with Crippen molar-refractivity contribution < 1.29 is 17.6 Å². The lowest BCUT2D eigenvalue weighted by Gasteiger charge is -2.07. The van der Waals surface area contributed by atoms with Crippen LogP contribution in [0.3, 0.4) is 0 Å². The normalized spacial score (nSPS) is 12.2. The van der Waals surface area contributed by atoms with Crippen molar-refractivity contribution in [1.82, 2.24) is 14.8 Å². The molecule has 110 valence electrons. The van der Waals surface area contributed by atoms with Gasteiger partial charge in [-0.15, -0.1) is 10.2 Å². The van der Waals surface area contributed by atoms with Crippen LogP contribution in [-0.2, 0) is 13.5 Å². The molecule has 0 spiro atoms. The van der Waals surface area contributed by atoms with Gasteiger partial charge in [0.1, 0.15) is 0 Å². The standard InChI is InChI=1S/C13H9BrF3N3O/c1-20-8(5-13(15,16)17)2-7-3-9(10(14)4-11(7)20)12-19-18-6-21-12/h2-4,6H,5H2,1H3. The van der Waals surface area contributed by atoms with E-state index >= 15 is 0 Å². The molecule has 2 aromatic heterocycles. The van der Waals surface area contributed by atoms with Crippen LogP contribution in [0.15, 0.2) is 33.5 Å². The minimum absolute atomic E-state index is 0.201. The summed E-state index contributed by atoms with van der Waals surface area (Å²) in [6.45, 7) is 0. The topological polar surface area (TPSA) is 43.9 Å². The van der Waals surface area contributed by atoms with E-state index in [2.05, 4.69) is 26.1 Å². The molecule has 0 amide bonds. The first-order valence-corrected chi connectivity index (χ1v) is 6.75. The average Bonchev–Trinajstić information content (AvgIpc) is 2.98. The Bertz CT molecular complexity index is 793. The third kappa shape index (κ3) is 2.67. The smallest absolute Gasteiger partial charge is 0.394 e. The summed E-state index contributed by atoms with van der Waals surface area (Å²) in [4.78, 5) is 0. The summed E-state index contributed by atoms with van der Waals surface area (Å²) in [7, 11) is 1.61. The number of aryl methyl sites for hydroxylation is 1. The Morgan fingerprint density at radius 2 is 2.05 bits per heavy atom. The molecule has 3 rings (SSSR count). The van der Waals surface area contributed by atoms with E-state index in [0.717, 1.165) is 0 Å². The van der Waals surface area contributed by atoms with Crippen LogP contribution in [0.2, 0.25) is 0 Å². The van der Waals surface area contributed by atoms with Gasteiger partial charge in [-0.25, -0.2) is 0 Å². The van der Waals surface area contributed by atoms with Gasteiger partial charge in [0.2, 0.25) is 12.3 Å². The Balaban J connectivity index is 2.14. The van der Waals surface area contributed by atoms with Crippen molar-refractivity contribution in [2.45, 2.75) is 12.6 Å². The van der Waals surface area contributed by atoms with Crippen LogP contribution in [-0.4, -0.2) is 20.9 Å². The summed E-state index contributed by atoms with van der Waals surface area (Å²) in [5, 5.41) is 8.10. The predicted octanol–water partition coefficient (Wildman–Crippen LogP) is 4.10. The number of rotatable bonds is 2. The maximum Gasteiger partial charge on any atom is 0.394 e. The van der Waals surface area contributed by atoms with E-state index in [1.54, 1.807) is 19.2 Å². The molecule has 0 atom stereocenters. The lowest BCUT2D eigenvalue weighted by Crippen LogP contribution is -2.13. The number of halogens is 4. The summed E-state index contributed by atoms with van der Waals surface area (Å²) < 4.78 is 45.1. The number of hydrogen-bond acceptors (Lipinski definition) is 3. The van der Waals surface area contributed by atoms with E-state index in [-0.39, 0.29) is 5.69 Å². The molecule has 8 heteroatoms. The van der Waals surface area contributed by atoms with E-state index in [1.807, 2.05) is 0 Å². The highest BCUT2D eigenvalue weighted by Crippen LogP contribution is 2.33. The zero-order valence-electron chi connectivity index (χ0n) is 10.8. The number of benzene rings is 1. The Hall–Kier alpha value is -1.83. The molecule has 3 aromatic rings. The maximum absolute atomic E-state index is 12.6. The molecule has 21 heavy (non-hydrogen) atoms. The van der Waals surface area contributed by atoms with Gasteiger partial charge in [-0.3, -0.25) is 0 Å². The Kier molecular flexibility index (Phi) is 3.27. The van der Waals surface area contributed by atoms with Gasteiger partial charge in [0.15, 0.2) is 0 Å². The summed E-state index contributed by atoms with van der Waals surface area (Å²) >= 11 is 3.38. The fourth-order valence-corrected chi connectivity index (χ4v) is 2.75. The molecule has 0 aliphatic rings. The second-order valence-corrected chi connectivity index (χ2v) is 5.48. The van der Waals surface area contributed by atoms with E-state index in [9.17, 15) is 13.2 Å². The van der Waals surface area contributed by atoms with Crippen LogP contribution in [0.4, 0.5) is 13.2 Å². The molecule has 0 N–H and O–H groups in total. The monoisotopic (exact) mass is 359 g/mol. The van der Waals surface area contributed by atoms with Crippen molar-refractivity contribution in [2.24, 2.45) is 7.05 Å². The molecule has 0 unspecified atom stereocenters. The van der Waals surface area contributed by atoms with Gasteiger partial charge in [-0.1, -0.05) is 0 Å². The second-order valence-electron chi connectivity index (χ2n) is 4.62. The van der Waals surface area contributed by atoms with Gasteiger partial charge in [-0.05, 0) is 34.1 Å². The van der Waals surface area contributed by atoms with Crippen LogP contribution >= 0.6 is 15.9 Å². The molecule has 0 saturated heterocycles. The molecule has 0 radical (unpaired) electrons. The second kappa shape index (κ2) is 4.87. The highest BCUT2D eigenvalue weighted by molar-refractivity contribution is 9.10. The van der Waals surface area contributed by atoms with Crippen LogP contribution in [0, 0.1) is 0 Å². The molecular formula is C13H9BrF3N3O. The molecule has 4 nitrogen and oxygen atoms in total. The van der Waals surface area contributed by atoms with Gasteiger partial charge in [-0.2, -0.15) is 13.2 Å². The Morgan fingerprint density at radius 1 is 1.29 bits per heavy atom. The van der Waals surface area contributed by atoms with Crippen LogP contribution < -0.4 is 0 Å². The van der Waals surface area contributed by atoms with Crippen molar-refractivity contribution in [1.29, 1.82) is 0 Å². The van der Waals surface area contributed by atoms with Gasteiger partial charge in [0.05, 0.1) is 12.0 Å². The number of hydrogen-bond donors (Lipinski definition) is 0. The summed E-state index contributed by atoms with van der Waals surface area (Å²) in [6.07, 6.45) is -4.01. The zero-order chi connectivity index (χ0) is 15.2. The highest BCUT2D eigenvalue weighted by atomic mass is 79.9. The van der Waals surface area contributed by atoms with E-state index < -0.39 is 12.6 Å². The third-order valence-corrected chi connectivity index (χ3v) is 3.86. The third-order valence-electron chi connectivity index (χ3n) is 3.20. The van der Waals surface area contributed by atoms with Crippen LogP contribution in [0.5, 0.6) is 0 Å². The van der Waals surface area contributed by atoms with Crippen molar-refractivity contribution in [3.05, 3.63) is 34.8 Å². The average molecular weight is 360 g/mol. The molecule has 0 fully saturated rings. The van der Waals surface area contributed by atoms with Gasteiger partial charge >= 0.3 is 6.18 Å². The summed E-state index contributed by atoms with van der Waals surface area (Å²) in [6, 6.07) is 5.00. The van der Waals surface area contributed by atoms with Crippen molar-refractivity contribution >= 4 is 26.8 Å². The van der Waals surface area contributed by atoms with Crippen molar-refractivity contribution in [3.8, 4) is 11.5 Å². The molecule has 0 aliphatic carbocycles. The fraction of sp³-hybridized carbons (Fsp3) is 0.231. The van der Waals surface area contributed by atoms with E-state index in [4.69, 9.17) is 4.42 Å². The van der Waals surface area contributed by atoms with Gasteiger partial charge in [0, 0.05) is 28.1 Å². The van der Waals surface area contributed by atoms with Gasteiger partial charge < -0.3 is 8.98 Å². The highest BCUT2D eigenvalue weighted by Gasteiger charge is 2.29. The molecule has 1 aromatic carbocycles. The van der Waals surface area contributed by atoms with Gasteiger partial charge in [0.25, 0.3) is 0 Å². The fourth-order valence-electron chi connectivity index (χ4n) is 2.25. The van der Waals surface area contributed by atoms with Crippen LogP contribution in [0.1, 0.15) is 5.69 Å². The van der Waals surface area contributed by atoms with Crippen molar-refractivity contribution in [2.75, 3.05) is 0 Å². The lowest BCUT2D eigenvalue weighted by molar-refractivity contribution is -0.128. The lowest BCUT2D eigenvalue weighted by atomic mass is 10.1. The minimum atomic E-state index is -4.24. The first-order chi connectivity index (χ1) is 9.85. The predicted molar refractivity (Wildman–Crippen MR) is 73.7 cm³/mol. The van der Waals surface area contributed by atoms with Crippen molar-refractivity contribution in [3.63, 3.8) is 0 Å². The Labute approximate surface area is 125 Å². The first-order valence-electron chi connectivity index (χ1n) is 5.96. The molecule has 0 saturated carbocycles. The summed E-state index contributed by atoms with van der Waals surface area (Å²) in [5.41, 5.74) is 1.54. The molecule has 0 bridgehead atoms. The molecule has 2 heterocycles. The number of nitrogens with zero attached hydrogens (tertiary/aromatic N) is 3. The molecule has 0 aliphatic heterocycles. The SMILES string of the molecule is Cn1c(CC(F)(F)F)cc2cc(-c3nnco3)c(Br)cc21. The number of alkyl halides is 3. The van der Waals surface area contributed by atoms with Crippen LogP contribution in [0.25, 0.3) is 22.4 Å². The van der Waals surface area contributed by atoms with E-state index in [1.165, 1.54) is 17.0 Å². The Morgan fingerprint density at radius 3 is 2.67 bits per heavy atom. The summed E-state index contributed by atoms with van der Waals surface area (Å²) in [5.74, 6) is 0.310. The molecular weight excluding hydrogens is 351 g/mol. The van der Waals surface area contributed by atoms with E-state index in [0.29, 0.717) is 26.8 Å². The number of fused-ring (bicyclic) bond motifs is 1. The largest absolute Gasteiger partial charge is 0.423 e.